The maximum Gasteiger partial charge on any atom is 0.191 e. The zero-order valence-corrected chi connectivity index (χ0v) is 15.0. The Morgan fingerprint density at radius 1 is 1.12 bits per heavy atom. The van der Waals surface area contributed by atoms with Crippen LogP contribution in [0.3, 0.4) is 0 Å². The van der Waals surface area contributed by atoms with Gasteiger partial charge in [-0.25, -0.2) is 0 Å². The number of rotatable bonds is 8. The fourth-order valence-corrected chi connectivity index (χ4v) is 2.29. The number of pyridine rings is 1. The second-order valence-electron chi connectivity index (χ2n) is 5.53. The topological polar surface area (TPSA) is 67.8 Å². The van der Waals surface area contributed by atoms with Crippen LogP contribution in [0, 0.1) is 0 Å². The molecule has 1 unspecified atom stereocenters. The van der Waals surface area contributed by atoms with Gasteiger partial charge in [-0.15, -0.1) is 0 Å². The minimum absolute atomic E-state index is 0.0364. The Labute approximate surface area is 149 Å². The van der Waals surface area contributed by atoms with Crippen LogP contribution in [-0.2, 0) is 6.42 Å². The Kier molecular flexibility index (Phi) is 7.56. The summed E-state index contributed by atoms with van der Waals surface area (Å²) < 4.78 is 11.2. The van der Waals surface area contributed by atoms with Gasteiger partial charge < -0.3 is 20.1 Å². The van der Waals surface area contributed by atoms with Crippen LogP contribution in [0.5, 0.6) is 11.5 Å². The molecular weight excluding hydrogens is 316 g/mol. The van der Waals surface area contributed by atoms with E-state index in [1.165, 1.54) is 0 Å². The maximum atomic E-state index is 5.92. The lowest BCUT2D eigenvalue weighted by Gasteiger charge is -2.19. The maximum absolute atomic E-state index is 5.92. The molecule has 0 fully saturated rings. The molecule has 1 heterocycles. The van der Waals surface area contributed by atoms with Gasteiger partial charge in [-0.3, -0.25) is 9.98 Å². The Morgan fingerprint density at radius 2 is 1.88 bits per heavy atom. The first kappa shape index (κ1) is 18.6. The van der Waals surface area contributed by atoms with Crippen molar-refractivity contribution in [2.45, 2.75) is 19.4 Å². The van der Waals surface area contributed by atoms with E-state index in [2.05, 4.69) is 20.6 Å². The van der Waals surface area contributed by atoms with Crippen molar-refractivity contribution < 1.29 is 9.47 Å². The van der Waals surface area contributed by atoms with Crippen LogP contribution in [0.2, 0.25) is 0 Å². The van der Waals surface area contributed by atoms with Crippen LogP contribution in [-0.4, -0.2) is 44.3 Å². The summed E-state index contributed by atoms with van der Waals surface area (Å²) in [6.45, 7) is 3.39. The van der Waals surface area contributed by atoms with Gasteiger partial charge in [-0.1, -0.05) is 18.2 Å². The highest BCUT2D eigenvalue weighted by molar-refractivity contribution is 5.79. The number of ether oxygens (including phenoxy) is 2. The predicted octanol–water partition coefficient (Wildman–Crippen LogP) is 2.27. The minimum Gasteiger partial charge on any atom is -0.493 e. The molecule has 6 heteroatoms. The van der Waals surface area contributed by atoms with Crippen LogP contribution in [0.4, 0.5) is 0 Å². The van der Waals surface area contributed by atoms with Gasteiger partial charge in [0.2, 0.25) is 0 Å². The molecule has 0 radical (unpaired) electrons. The second kappa shape index (κ2) is 10.2. The number of nitrogens with one attached hydrogen (secondary N) is 2. The van der Waals surface area contributed by atoms with Crippen LogP contribution in [0.25, 0.3) is 0 Å². The average molecular weight is 342 g/mol. The van der Waals surface area contributed by atoms with Crippen molar-refractivity contribution in [3.63, 3.8) is 0 Å². The summed E-state index contributed by atoms with van der Waals surface area (Å²) in [4.78, 5) is 8.53. The standard InChI is InChI=1S/C19H26N4O2/c1-15(25-18-10-5-4-9-17(18)24-3)14-23-19(20-2)22-13-11-16-8-6-7-12-21-16/h4-10,12,15H,11,13-14H2,1-3H3,(H2,20,22,23). The van der Waals surface area contributed by atoms with Crippen LogP contribution < -0.4 is 20.1 Å². The largest absolute Gasteiger partial charge is 0.493 e. The number of aliphatic imine (C=N–C) groups is 1. The highest BCUT2D eigenvalue weighted by Gasteiger charge is 2.09. The molecule has 1 atom stereocenters. The van der Waals surface area contributed by atoms with E-state index in [1.54, 1.807) is 20.4 Å². The molecule has 0 aliphatic rings. The quantitative estimate of drug-likeness (QED) is 0.569. The van der Waals surface area contributed by atoms with E-state index in [9.17, 15) is 0 Å². The van der Waals surface area contributed by atoms with Crippen LogP contribution in [0.15, 0.2) is 53.7 Å². The number of nitrogens with zero attached hydrogens (tertiary/aromatic N) is 2. The van der Waals surface area contributed by atoms with Crippen LogP contribution in [0.1, 0.15) is 12.6 Å². The highest BCUT2D eigenvalue weighted by atomic mass is 16.5. The van der Waals surface area contributed by atoms with Gasteiger partial charge in [-0.05, 0) is 31.2 Å². The fourth-order valence-electron chi connectivity index (χ4n) is 2.29. The Hall–Kier alpha value is -2.76. The first-order valence-corrected chi connectivity index (χ1v) is 8.37. The highest BCUT2D eigenvalue weighted by Crippen LogP contribution is 2.26. The molecule has 0 saturated carbocycles. The molecule has 2 rings (SSSR count). The molecule has 0 amide bonds. The summed E-state index contributed by atoms with van der Waals surface area (Å²) in [7, 11) is 3.39. The molecule has 0 bridgehead atoms. The summed E-state index contributed by atoms with van der Waals surface area (Å²) >= 11 is 0. The summed E-state index contributed by atoms with van der Waals surface area (Å²) in [5.41, 5.74) is 1.05. The smallest absolute Gasteiger partial charge is 0.191 e. The predicted molar refractivity (Wildman–Crippen MR) is 100 cm³/mol. The number of methoxy groups -OCH3 is 1. The van der Waals surface area contributed by atoms with E-state index in [0.717, 1.165) is 36.1 Å². The van der Waals surface area contributed by atoms with Gasteiger partial charge in [0.25, 0.3) is 0 Å². The lowest BCUT2D eigenvalue weighted by molar-refractivity contribution is 0.213. The molecule has 1 aromatic heterocycles. The third-order valence-corrected chi connectivity index (χ3v) is 3.58. The number of aromatic nitrogens is 1. The molecule has 134 valence electrons. The molecule has 6 nitrogen and oxygen atoms in total. The zero-order chi connectivity index (χ0) is 17.9. The number of benzene rings is 1. The summed E-state index contributed by atoms with van der Waals surface area (Å²) in [5.74, 6) is 2.20. The zero-order valence-electron chi connectivity index (χ0n) is 15.0. The molecule has 1 aromatic carbocycles. The van der Waals surface area contributed by atoms with Crippen molar-refractivity contribution in [2.75, 3.05) is 27.2 Å². The fraction of sp³-hybridized carbons (Fsp3) is 0.368. The minimum atomic E-state index is -0.0364. The lowest BCUT2D eigenvalue weighted by atomic mass is 10.3. The lowest BCUT2D eigenvalue weighted by Crippen LogP contribution is -2.42. The molecule has 2 aromatic rings. The summed E-state index contributed by atoms with van der Waals surface area (Å²) in [6.07, 6.45) is 2.61. The van der Waals surface area contributed by atoms with Gasteiger partial charge in [0.15, 0.2) is 17.5 Å². The SMILES string of the molecule is CN=C(NCCc1ccccn1)NCC(C)Oc1ccccc1OC. The molecule has 0 spiro atoms. The number of hydrogen-bond acceptors (Lipinski definition) is 4. The van der Waals surface area contributed by atoms with Gasteiger partial charge >= 0.3 is 0 Å². The van der Waals surface area contributed by atoms with E-state index in [1.807, 2.05) is 49.4 Å². The molecule has 0 aliphatic heterocycles. The van der Waals surface area contributed by atoms with Crippen molar-refractivity contribution in [1.82, 2.24) is 15.6 Å². The van der Waals surface area contributed by atoms with Gasteiger partial charge in [0, 0.05) is 31.9 Å². The third kappa shape index (κ3) is 6.33. The Balaban J connectivity index is 1.74. The van der Waals surface area contributed by atoms with E-state index in [4.69, 9.17) is 9.47 Å². The number of guanidine groups is 1. The number of para-hydroxylation sites is 2. The third-order valence-electron chi connectivity index (χ3n) is 3.58. The summed E-state index contributed by atoms with van der Waals surface area (Å²) in [5, 5.41) is 6.54. The van der Waals surface area contributed by atoms with Crippen molar-refractivity contribution in [3.8, 4) is 11.5 Å². The van der Waals surface area contributed by atoms with E-state index in [-0.39, 0.29) is 6.10 Å². The normalized spacial score (nSPS) is 12.4. The first-order valence-electron chi connectivity index (χ1n) is 8.37. The average Bonchev–Trinajstić information content (AvgIpc) is 2.65. The van der Waals surface area contributed by atoms with E-state index < -0.39 is 0 Å². The molecule has 2 N–H and O–H groups in total. The van der Waals surface area contributed by atoms with Crippen molar-refractivity contribution in [3.05, 3.63) is 54.4 Å². The second-order valence-corrected chi connectivity index (χ2v) is 5.53. The monoisotopic (exact) mass is 342 g/mol. The van der Waals surface area contributed by atoms with E-state index >= 15 is 0 Å². The summed E-state index contributed by atoms with van der Waals surface area (Å²) in [6, 6.07) is 13.6. The van der Waals surface area contributed by atoms with Gasteiger partial charge in [0.1, 0.15) is 6.10 Å². The molecule has 25 heavy (non-hydrogen) atoms. The van der Waals surface area contributed by atoms with Crippen molar-refractivity contribution in [2.24, 2.45) is 4.99 Å². The van der Waals surface area contributed by atoms with Gasteiger partial charge in [-0.2, -0.15) is 0 Å². The Morgan fingerprint density at radius 3 is 2.56 bits per heavy atom. The first-order chi connectivity index (χ1) is 12.2. The molecule has 0 saturated heterocycles. The van der Waals surface area contributed by atoms with Gasteiger partial charge in [0.05, 0.1) is 13.7 Å². The number of hydrogen-bond donors (Lipinski definition) is 2. The Bertz CT molecular complexity index is 661. The van der Waals surface area contributed by atoms with E-state index in [0.29, 0.717) is 6.54 Å². The van der Waals surface area contributed by atoms with Crippen molar-refractivity contribution >= 4 is 5.96 Å². The van der Waals surface area contributed by atoms with Crippen LogP contribution >= 0.6 is 0 Å². The van der Waals surface area contributed by atoms with Crippen molar-refractivity contribution in [1.29, 1.82) is 0 Å². The molecule has 0 aliphatic carbocycles. The molecular formula is C19H26N4O2.